The van der Waals surface area contributed by atoms with Crippen LogP contribution in [0.2, 0.25) is 0 Å². The number of allylic oxidation sites excluding steroid dienone is 5. The van der Waals surface area contributed by atoms with Crippen molar-refractivity contribution in [3.63, 3.8) is 0 Å². The van der Waals surface area contributed by atoms with E-state index >= 15 is 0 Å². The van der Waals surface area contributed by atoms with E-state index < -0.39 is 0 Å². The second-order valence-corrected chi connectivity index (χ2v) is 7.28. The van der Waals surface area contributed by atoms with Crippen molar-refractivity contribution in [1.29, 1.82) is 0 Å². The third-order valence-electron chi connectivity index (χ3n) is 4.62. The van der Waals surface area contributed by atoms with Crippen molar-refractivity contribution in [2.45, 2.75) is 25.1 Å². The summed E-state index contributed by atoms with van der Waals surface area (Å²) in [5.74, 6) is 1.13. The van der Waals surface area contributed by atoms with Gasteiger partial charge in [-0.2, -0.15) is 0 Å². The molecule has 3 rings (SSSR count). The van der Waals surface area contributed by atoms with Crippen LogP contribution in [0.4, 0.5) is 0 Å². The fourth-order valence-corrected chi connectivity index (χ4v) is 4.37. The molecule has 2 aliphatic carbocycles. The molecule has 1 heterocycles. The predicted octanol–water partition coefficient (Wildman–Crippen LogP) is 4.50. The fourth-order valence-electron chi connectivity index (χ4n) is 3.68. The van der Waals surface area contributed by atoms with Gasteiger partial charge in [0.25, 0.3) is 0 Å². The summed E-state index contributed by atoms with van der Waals surface area (Å²) in [5, 5.41) is 0.922. The molecule has 3 heteroatoms. The first kappa shape index (κ1) is 14.4. The Morgan fingerprint density at radius 3 is 2.85 bits per heavy atom. The van der Waals surface area contributed by atoms with Gasteiger partial charge in [-0.1, -0.05) is 41.0 Å². The quantitative estimate of drug-likeness (QED) is 0.645. The maximum atomic E-state index is 6.45. The summed E-state index contributed by atoms with van der Waals surface area (Å²) in [4.78, 5) is 2.38. The third kappa shape index (κ3) is 2.77. The van der Waals surface area contributed by atoms with E-state index in [1.165, 1.54) is 16.7 Å². The average Bonchev–Trinajstić information content (AvgIpc) is 2.39. The van der Waals surface area contributed by atoms with Crippen molar-refractivity contribution in [2.75, 3.05) is 20.1 Å². The van der Waals surface area contributed by atoms with Crippen LogP contribution in [0.15, 0.2) is 46.1 Å². The lowest BCUT2D eigenvalue weighted by atomic mass is 9.74. The van der Waals surface area contributed by atoms with Gasteiger partial charge in [0.2, 0.25) is 0 Å². The van der Waals surface area contributed by atoms with Gasteiger partial charge < -0.3 is 4.90 Å². The van der Waals surface area contributed by atoms with Crippen LogP contribution in [0.25, 0.3) is 0 Å². The van der Waals surface area contributed by atoms with Gasteiger partial charge in [0.05, 0.1) is 5.38 Å². The second kappa shape index (κ2) is 5.71. The molecule has 20 heavy (non-hydrogen) atoms. The highest BCUT2D eigenvalue weighted by atomic mass is 35.5. The molecular formula is C17H21Cl2N. The van der Waals surface area contributed by atoms with E-state index in [9.17, 15) is 0 Å². The van der Waals surface area contributed by atoms with Crippen LogP contribution < -0.4 is 0 Å². The standard InChI is InChI=1S/C17H21Cl2N/c1-11-4-3-5-12(6-11)15-9-20(2)10-16-14(15)7-13(18)8-17(16)19/h3-5,8,12-13,15H,6-7,9-10H2,1-2H3. The highest BCUT2D eigenvalue weighted by Gasteiger charge is 2.34. The van der Waals surface area contributed by atoms with Crippen molar-refractivity contribution in [3.05, 3.63) is 46.1 Å². The molecule has 1 nitrogen and oxygen atoms in total. The molecule has 0 aromatic rings. The van der Waals surface area contributed by atoms with Crippen LogP contribution >= 0.6 is 23.2 Å². The molecule has 3 aliphatic rings. The molecule has 0 spiro atoms. The summed E-state index contributed by atoms with van der Waals surface area (Å²) in [6.07, 6.45) is 10.9. The van der Waals surface area contributed by atoms with E-state index in [0.717, 1.165) is 31.0 Å². The third-order valence-corrected chi connectivity index (χ3v) is 5.25. The molecular weight excluding hydrogens is 289 g/mol. The summed E-state index contributed by atoms with van der Waals surface area (Å²) >= 11 is 12.8. The first-order valence-electron chi connectivity index (χ1n) is 7.30. The number of nitrogens with zero attached hydrogens (tertiary/aromatic N) is 1. The van der Waals surface area contributed by atoms with E-state index in [1.54, 1.807) is 0 Å². The van der Waals surface area contributed by atoms with Crippen LogP contribution in [0.1, 0.15) is 19.8 Å². The smallest absolute Gasteiger partial charge is 0.0570 e. The molecule has 0 saturated heterocycles. The molecule has 0 fully saturated rings. The maximum Gasteiger partial charge on any atom is 0.0570 e. The van der Waals surface area contributed by atoms with E-state index in [0.29, 0.717) is 11.8 Å². The van der Waals surface area contributed by atoms with E-state index in [-0.39, 0.29) is 5.38 Å². The van der Waals surface area contributed by atoms with Crippen LogP contribution in [-0.2, 0) is 0 Å². The summed E-state index contributed by atoms with van der Waals surface area (Å²) in [5.41, 5.74) is 4.29. The molecule has 108 valence electrons. The zero-order valence-corrected chi connectivity index (χ0v) is 13.6. The molecule has 3 atom stereocenters. The largest absolute Gasteiger partial charge is 0.301 e. The van der Waals surface area contributed by atoms with Gasteiger partial charge in [0.15, 0.2) is 0 Å². The molecule has 0 aromatic carbocycles. The lowest BCUT2D eigenvalue weighted by Crippen LogP contribution is -2.39. The van der Waals surface area contributed by atoms with E-state index in [2.05, 4.69) is 37.1 Å². The summed E-state index contributed by atoms with van der Waals surface area (Å²) < 4.78 is 0. The Morgan fingerprint density at radius 1 is 1.30 bits per heavy atom. The molecule has 0 amide bonds. The Kier molecular flexibility index (Phi) is 4.12. The molecule has 1 aliphatic heterocycles. The Hall–Kier alpha value is -0.500. The summed E-state index contributed by atoms with van der Waals surface area (Å²) in [6.45, 7) is 4.28. The SMILES string of the molecule is CC1=CC=CC(C2CN(C)CC3=C2CC(Cl)C=C3Cl)C1. The van der Waals surface area contributed by atoms with Gasteiger partial charge in [-0.15, -0.1) is 11.6 Å². The van der Waals surface area contributed by atoms with Crippen LogP contribution in [0.3, 0.4) is 0 Å². The second-order valence-electron chi connectivity index (χ2n) is 6.31. The number of halogens is 2. The number of likely N-dealkylation sites (N-methyl/N-ethyl adjacent to an activating group) is 1. The highest BCUT2D eigenvalue weighted by molar-refractivity contribution is 6.33. The minimum Gasteiger partial charge on any atom is -0.301 e. The minimum absolute atomic E-state index is 0.0522. The number of hydrogen-bond acceptors (Lipinski definition) is 1. The normalized spacial score (nSPS) is 34.7. The van der Waals surface area contributed by atoms with Crippen molar-refractivity contribution in [3.8, 4) is 0 Å². The predicted molar refractivity (Wildman–Crippen MR) is 87.2 cm³/mol. The number of hydrogen-bond donors (Lipinski definition) is 0. The van der Waals surface area contributed by atoms with Gasteiger partial charge in [0.1, 0.15) is 0 Å². The zero-order chi connectivity index (χ0) is 14.3. The number of rotatable bonds is 1. The Bertz CT molecular complexity index is 527. The van der Waals surface area contributed by atoms with Crippen molar-refractivity contribution in [2.24, 2.45) is 11.8 Å². The van der Waals surface area contributed by atoms with Crippen LogP contribution in [0.5, 0.6) is 0 Å². The molecule has 0 bridgehead atoms. The minimum atomic E-state index is 0.0522. The lowest BCUT2D eigenvalue weighted by molar-refractivity contribution is 0.252. The highest BCUT2D eigenvalue weighted by Crippen LogP contribution is 2.42. The fraction of sp³-hybridized carbons (Fsp3) is 0.529. The van der Waals surface area contributed by atoms with Crippen molar-refractivity contribution < 1.29 is 0 Å². The van der Waals surface area contributed by atoms with Gasteiger partial charge in [0, 0.05) is 18.1 Å². The monoisotopic (exact) mass is 309 g/mol. The average molecular weight is 310 g/mol. The zero-order valence-electron chi connectivity index (χ0n) is 12.1. The van der Waals surface area contributed by atoms with E-state index in [4.69, 9.17) is 23.2 Å². The lowest BCUT2D eigenvalue weighted by Gasteiger charge is -2.40. The van der Waals surface area contributed by atoms with Crippen LogP contribution in [-0.4, -0.2) is 30.4 Å². The first-order chi connectivity index (χ1) is 9.54. The Labute approximate surface area is 131 Å². The van der Waals surface area contributed by atoms with Crippen molar-refractivity contribution >= 4 is 23.2 Å². The molecule has 3 unspecified atom stereocenters. The topological polar surface area (TPSA) is 3.24 Å². The maximum absolute atomic E-state index is 6.45. The molecule has 0 radical (unpaired) electrons. The van der Waals surface area contributed by atoms with Gasteiger partial charge >= 0.3 is 0 Å². The van der Waals surface area contributed by atoms with Gasteiger partial charge in [-0.25, -0.2) is 0 Å². The molecule has 0 saturated carbocycles. The number of alkyl halides is 1. The van der Waals surface area contributed by atoms with Crippen molar-refractivity contribution in [1.82, 2.24) is 4.90 Å². The summed E-state index contributed by atoms with van der Waals surface area (Å²) in [6, 6.07) is 0. The van der Waals surface area contributed by atoms with Gasteiger partial charge in [-0.05, 0) is 50.3 Å². The summed E-state index contributed by atoms with van der Waals surface area (Å²) in [7, 11) is 2.18. The van der Waals surface area contributed by atoms with Crippen LogP contribution in [0, 0.1) is 11.8 Å². The Morgan fingerprint density at radius 2 is 2.10 bits per heavy atom. The molecule has 0 N–H and O–H groups in total. The van der Waals surface area contributed by atoms with E-state index in [1.807, 2.05) is 6.08 Å². The molecule has 0 aromatic heterocycles. The Balaban J connectivity index is 1.94. The van der Waals surface area contributed by atoms with Gasteiger partial charge in [-0.3, -0.25) is 0 Å². The first-order valence-corrected chi connectivity index (χ1v) is 8.12.